The number of alkyl halides is 2. The van der Waals surface area contributed by atoms with Gasteiger partial charge in [-0.2, -0.15) is 0 Å². The SMILES string of the molecule is Cc1c(C(F)F)c[nH]c(=O)c1S(=O)(=O)Cl. The maximum atomic E-state index is 12.4. The van der Waals surface area contributed by atoms with Crippen LogP contribution in [0.5, 0.6) is 0 Å². The number of halogens is 3. The Morgan fingerprint density at radius 2 is 2.00 bits per heavy atom. The maximum Gasteiger partial charge on any atom is 0.268 e. The van der Waals surface area contributed by atoms with Gasteiger partial charge in [0.1, 0.15) is 0 Å². The van der Waals surface area contributed by atoms with Crippen molar-refractivity contribution in [2.45, 2.75) is 18.2 Å². The Labute approximate surface area is 88.3 Å². The van der Waals surface area contributed by atoms with Gasteiger partial charge < -0.3 is 4.98 Å². The minimum Gasteiger partial charge on any atom is -0.327 e. The summed E-state index contributed by atoms with van der Waals surface area (Å²) in [6.45, 7) is 1.10. The molecule has 0 spiro atoms. The van der Waals surface area contributed by atoms with Crippen molar-refractivity contribution in [1.82, 2.24) is 4.98 Å². The molecule has 0 aromatic carbocycles. The van der Waals surface area contributed by atoms with Crippen LogP contribution < -0.4 is 5.56 Å². The summed E-state index contributed by atoms with van der Waals surface area (Å²) in [6.07, 6.45) is -2.10. The molecule has 84 valence electrons. The Kier molecular flexibility index (Phi) is 3.15. The summed E-state index contributed by atoms with van der Waals surface area (Å²) in [5.74, 6) is 0. The van der Waals surface area contributed by atoms with E-state index in [1.807, 2.05) is 4.98 Å². The van der Waals surface area contributed by atoms with Gasteiger partial charge in [-0.1, -0.05) is 0 Å². The van der Waals surface area contributed by atoms with Crippen LogP contribution in [-0.4, -0.2) is 13.4 Å². The highest BCUT2D eigenvalue weighted by molar-refractivity contribution is 8.13. The quantitative estimate of drug-likeness (QED) is 0.818. The van der Waals surface area contributed by atoms with Crippen molar-refractivity contribution in [2.75, 3.05) is 0 Å². The normalized spacial score (nSPS) is 12.1. The van der Waals surface area contributed by atoms with Crippen molar-refractivity contribution >= 4 is 19.7 Å². The highest BCUT2D eigenvalue weighted by atomic mass is 35.7. The third kappa shape index (κ3) is 2.35. The largest absolute Gasteiger partial charge is 0.327 e. The Hall–Kier alpha value is -0.950. The summed E-state index contributed by atoms with van der Waals surface area (Å²) >= 11 is 0. The fraction of sp³-hybridized carbons (Fsp3) is 0.286. The molecule has 0 radical (unpaired) electrons. The third-order valence-electron chi connectivity index (χ3n) is 1.82. The molecule has 1 aromatic rings. The summed E-state index contributed by atoms with van der Waals surface area (Å²) in [6, 6.07) is 0. The summed E-state index contributed by atoms with van der Waals surface area (Å²) in [4.78, 5) is 12.2. The molecular weight excluding hydrogens is 252 g/mol. The van der Waals surface area contributed by atoms with Crippen molar-refractivity contribution in [2.24, 2.45) is 0 Å². The molecule has 0 saturated heterocycles. The molecule has 0 aliphatic rings. The van der Waals surface area contributed by atoms with Gasteiger partial charge >= 0.3 is 0 Å². The molecule has 0 unspecified atom stereocenters. The topological polar surface area (TPSA) is 67.0 Å². The molecule has 1 rings (SSSR count). The van der Waals surface area contributed by atoms with Crippen molar-refractivity contribution in [3.8, 4) is 0 Å². The minimum absolute atomic E-state index is 0.330. The zero-order valence-corrected chi connectivity index (χ0v) is 8.99. The zero-order valence-electron chi connectivity index (χ0n) is 7.42. The number of aromatic amines is 1. The Bertz CT molecular complexity index is 538. The second-order valence-corrected chi connectivity index (χ2v) is 5.27. The van der Waals surface area contributed by atoms with E-state index in [1.165, 1.54) is 0 Å². The maximum absolute atomic E-state index is 12.4. The predicted octanol–water partition coefficient (Wildman–Crippen LogP) is 1.55. The van der Waals surface area contributed by atoms with Crippen molar-refractivity contribution in [3.05, 3.63) is 27.7 Å². The van der Waals surface area contributed by atoms with Crippen molar-refractivity contribution in [3.63, 3.8) is 0 Å². The van der Waals surface area contributed by atoms with E-state index in [0.29, 0.717) is 0 Å². The van der Waals surface area contributed by atoms with E-state index in [2.05, 4.69) is 0 Å². The summed E-state index contributed by atoms with van der Waals surface area (Å²) < 4.78 is 46.6. The lowest BCUT2D eigenvalue weighted by atomic mass is 10.2. The van der Waals surface area contributed by atoms with Crippen LogP contribution in [-0.2, 0) is 9.05 Å². The molecule has 1 N–H and O–H groups in total. The van der Waals surface area contributed by atoms with Crippen molar-refractivity contribution in [1.29, 1.82) is 0 Å². The van der Waals surface area contributed by atoms with Crippen LogP contribution in [0.1, 0.15) is 17.6 Å². The molecule has 1 aromatic heterocycles. The van der Waals surface area contributed by atoms with Gasteiger partial charge in [0, 0.05) is 22.4 Å². The van der Waals surface area contributed by atoms with E-state index in [9.17, 15) is 22.0 Å². The lowest BCUT2D eigenvalue weighted by Crippen LogP contribution is -2.17. The number of aromatic nitrogens is 1. The van der Waals surface area contributed by atoms with E-state index in [-0.39, 0.29) is 5.56 Å². The molecule has 1 heterocycles. The van der Waals surface area contributed by atoms with E-state index >= 15 is 0 Å². The van der Waals surface area contributed by atoms with Gasteiger partial charge in [0.05, 0.1) is 0 Å². The average molecular weight is 258 g/mol. The van der Waals surface area contributed by atoms with Crippen LogP contribution in [0.25, 0.3) is 0 Å². The first-order valence-corrected chi connectivity index (χ1v) is 6.01. The Morgan fingerprint density at radius 3 is 2.40 bits per heavy atom. The minimum atomic E-state index is -4.33. The fourth-order valence-corrected chi connectivity index (χ4v) is 2.46. The molecular formula is C7H6ClF2NO3S. The van der Waals surface area contributed by atoms with Crippen LogP contribution in [0.15, 0.2) is 15.9 Å². The smallest absolute Gasteiger partial charge is 0.268 e. The first-order chi connectivity index (χ1) is 6.75. The number of rotatable bonds is 2. The number of hydrogen-bond acceptors (Lipinski definition) is 3. The van der Waals surface area contributed by atoms with Gasteiger partial charge in [0.25, 0.3) is 21.0 Å². The molecule has 0 bridgehead atoms. The first kappa shape index (κ1) is 12.1. The lowest BCUT2D eigenvalue weighted by molar-refractivity contribution is 0.149. The zero-order chi connectivity index (χ0) is 11.8. The summed E-state index contributed by atoms with van der Waals surface area (Å²) in [5.41, 5.74) is -1.90. The fourth-order valence-electron chi connectivity index (χ4n) is 1.14. The highest BCUT2D eigenvalue weighted by Crippen LogP contribution is 2.25. The van der Waals surface area contributed by atoms with E-state index in [4.69, 9.17) is 10.7 Å². The van der Waals surface area contributed by atoms with Gasteiger partial charge in [0.2, 0.25) is 0 Å². The first-order valence-electron chi connectivity index (χ1n) is 3.70. The lowest BCUT2D eigenvalue weighted by Gasteiger charge is -2.06. The van der Waals surface area contributed by atoms with Gasteiger partial charge in [-0.05, 0) is 12.5 Å². The second-order valence-electron chi connectivity index (χ2n) is 2.77. The number of hydrogen-bond donors (Lipinski definition) is 1. The van der Waals surface area contributed by atoms with Crippen LogP contribution in [0.2, 0.25) is 0 Å². The van der Waals surface area contributed by atoms with Crippen LogP contribution in [0.3, 0.4) is 0 Å². The molecule has 4 nitrogen and oxygen atoms in total. The average Bonchev–Trinajstić information content (AvgIpc) is 2.00. The van der Waals surface area contributed by atoms with E-state index < -0.39 is 31.5 Å². The predicted molar refractivity (Wildman–Crippen MR) is 49.8 cm³/mol. The number of H-pyrrole nitrogens is 1. The van der Waals surface area contributed by atoms with E-state index in [0.717, 1.165) is 13.1 Å². The molecule has 0 fully saturated rings. The Morgan fingerprint density at radius 1 is 1.47 bits per heavy atom. The standard InChI is InChI=1S/C7H6ClF2NO3S/c1-3-4(6(9)10)2-11-7(12)5(3)15(8,13)14/h2,6H,1H3,(H,11,12). The monoisotopic (exact) mass is 257 g/mol. The molecule has 0 aliphatic heterocycles. The molecule has 0 aliphatic carbocycles. The van der Waals surface area contributed by atoms with Gasteiger partial charge in [-0.25, -0.2) is 17.2 Å². The molecule has 0 saturated carbocycles. The highest BCUT2D eigenvalue weighted by Gasteiger charge is 2.23. The molecule has 8 heteroatoms. The van der Waals surface area contributed by atoms with Gasteiger partial charge in [-0.3, -0.25) is 4.79 Å². The number of nitrogens with one attached hydrogen (secondary N) is 1. The third-order valence-corrected chi connectivity index (χ3v) is 3.26. The molecule has 0 atom stereocenters. The van der Waals surface area contributed by atoms with E-state index in [1.54, 1.807) is 0 Å². The van der Waals surface area contributed by atoms with Gasteiger partial charge in [-0.15, -0.1) is 0 Å². The molecule has 0 amide bonds. The van der Waals surface area contributed by atoms with Gasteiger partial charge in [0.15, 0.2) is 4.90 Å². The summed E-state index contributed by atoms with van der Waals surface area (Å²) in [5, 5.41) is 0. The number of pyridine rings is 1. The van der Waals surface area contributed by atoms with Crippen LogP contribution >= 0.6 is 10.7 Å². The molecule has 15 heavy (non-hydrogen) atoms. The second kappa shape index (κ2) is 3.90. The van der Waals surface area contributed by atoms with Crippen LogP contribution in [0, 0.1) is 6.92 Å². The van der Waals surface area contributed by atoms with Crippen LogP contribution in [0.4, 0.5) is 8.78 Å². The summed E-state index contributed by atoms with van der Waals surface area (Å²) in [7, 11) is 0.628. The van der Waals surface area contributed by atoms with Crippen molar-refractivity contribution < 1.29 is 17.2 Å². The Balaban J connectivity index is 3.66.